The van der Waals surface area contributed by atoms with Crippen molar-refractivity contribution in [1.82, 2.24) is 0 Å². The SMILES string of the molecule is COc1ccc(C)c(CC(C)C)c1C. The molecular weight excluding hydrogens is 172 g/mol. The van der Waals surface area contributed by atoms with E-state index < -0.39 is 0 Å². The molecule has 0 unspecified atom stereocenters. The van der Waals surface area contributed by atoms with Gasteiger partial charge in [-0.1, -0.05) is 19.9 Å². The zero-order valence-electron chi connectivity index (χ0n) is 9.85. The second-order valence-corrected chi connectivity index (χ2v) is 4.29. The van der Waals surface area contributed by atoms with Gasteiger partial charge >= 0.3 is 0 Å². The van der Waals surface area contributed by atoms with Gasteiger partial charge in [0.15, 0.2) is 0 Å². The van der Waals surface area contributed by atoms with E-state index in [-0.39, 0.29) is 0 Å². The zero-order valence-corrected chi connectivity index (χ0v) is 9.85. The van der Waals surface area contributed by atoms with Crippen LogP contribution in [-0.4, -0.2) is 7.11 Å². The molecule has 1 aromatic rings. The zero-order chi connectivity index (χ0) is 10.7. The molecule has 0 saturated carbocycles. The van der Waals surface area contributed by atoms with Crippen molar-refractivity contribution in [3.8, 4) is 5.75 Å². The highest BCUT2D eigenvalue weighted by molar-refractivity contribution is 5.43. The maximum atomic E-state index is 5.32. The first-order valence-electron chi connectivity index (χ1n) is 5.19. The predicted octanol–water partition coefficient (Wildman–Crippen LogP) is 3.51. The van der Waals surface area contributed by atoms with Gasteiger partial charge < -0.3 is 4.74 Å². The van der Waals surface area contributed by atoms with Crippen molar-refractivity contribution < 1.29 is 4.74 Å². The molecular formula is C13H20O. The second kappa shape index (κ2) is 4.50. The average Bonchev–Trinajstić information content (AvgIpc) is 2.12. The van der Waals surface area contributed by atoms with Crippen molar-refractivity contribution in [2.75, 3.05) is 7.11 Å². The standard InChI is InChI=1S/C13H20O/c1-9(2)8-12-10(3)6-7-13(14-5)11(12)4/h6-7,9H,8H2,1-5H3. The molecule has 0 heterocycles. The van der Waals surface area contributed by atoms with Gasteiger partial charge in [-0.2, -0.15) is 0 Å². The lowest BCUT2D eigenvalue weighted by molar-refractivity contribution is 0.410. The maximum absolute atomic E-state index is 5.32. The van der Waals surface area contributed by atoms with Gasteiger partial charge in [-0.05, 0) is 48.9 Å². The normalized spacial score (nSPS) is 10.7. The van der Waals surface area contributed by atoms with Crippen molar-refractivity contribution in [2.45, 2.75) is 34.1 Å². The van der Waals surface area contributed by atoms with E-state index in [0.29, 0.717) is 5.92 Å². The van der Waals surface area contributed by atoms with Crippen LogP contribution in [0.15, 0.2) is 12.1 Å². The van der Waals surface area contributed by atoms with Crippen LogP contribution in [0.3, 0.4) is 0 Å². The molecule has 0 aliphatic heterocycles. The molecule has 0 amide bonds. The predicted molar refractivity (Wildman–Crippen MR) is 61.0 cm³/mol. The van der Waals surface area contributed by atoms with E-state index in [4.69, 9.17) is 4.74 Å². The highest BCUT2D eigenvalue weighted by atomic mass is 16.5. The Morgan fingerprint density at radius 3 is 2.36 bits per heavy atom. The monoisotopic (exact) mass is 192 g/mol. The Bertz CT molecular complexity index is 313. The second-order valence-electron chi connectivity index (χ2n) is 4.29. The summed E-state index contributed by atoms with van der Waals surface area (Å²) in [6.07, 6.45) is 1.13. The van der Waals surface area contributed by atoms with Crippen LogP contribution in [-0.2, 0) is 6.42 Å². The van der Waals surface area contributed by atoms with E-state index in [0.717, 1.165) is 12.2 Å². The van der Waals surface area contributed by atoms with Gasteiger partial charge in [-0.25, -0.2) is 0 Å². The Kier molecular flexibility index (Phi) is 3.56. The van der Waals surface area contributed by atoms with Crippen molar-refractivity contribution in [1.29, 1.82) is 0 Å². The first kappa shape index (κ1) is 11.1. The van der Waals surface area contributed by atoms with Gasteiger partial charge in [0.05, 0.1) is 7.11 Å². The molecule has 1 aromatic carbocycles. The number of hydrogen-bond acceptors (Lipinski definition) is 1. The van der Waals surface area contributed by atoms with Crippen molar-refractivity contribution in [2.24, 2.45) is 5.92 Å². The molecule has 0 aliphatic carbocycles. The van der Waals surface area contributed by atoms with E-state index >= 15 is 0 Å². The first-order chi connectivity index (χ1) is 6.56. The fourth-order valence-corrected chi connectivity index (χ4v) is 1.81. The molecule has 78 valence electrons. The third kappa shape index (κ3) is 2.28. The van der Waals surface area contributed by atoms with E-state index in [1.807, 2.05) is 0 Å². The number of hydrogen-bond donors (Lipinski definition) is 0. The summed E-state index contributed by atoms with van der Waals surface area (Å²) in [5.41, 5.74) is 4.11. The molecule has 0 bridgehead atoms. The molecule has 0 N–H and O–H groups in total. The Balaban J connectivity index is 3.11. The van der Waals surface area contributed by atoms with Gasteiger partial charge in [0.1, 0.15) is 5.75 Å². The summed E-state index contributed by atoms with van der Waals surface area (Å²) in [5.74, 6) is 1.70. The largest absolute Gasteiger partial charge is 0.496 e. The van der Waals surface area contributed by atoms with Gasteiger partial charge in [0, 0.05) is 0 Å². The van der Waals surface area contributed by atoms with Crippen LogP contribution in [0.2, 0.25) is 0 Å². The molecule has 0 spiro atoms. The lowest BCUT2D eigenvalue weighted by atomic mass is 9.94. The average molecular weight is 192 g/mol. The van der Waals surface area contributed by atoms with E-state index in [2.05, 4.69) is 39.8 Å². The molecule has 1 heteroatoms. The quantitative estimate of drug-likeness (QED) is 0.712. The fraction of sp³-hybridized carbons (Fsp3) is 0.538. The molecule has 0 radical (unpaired) electrons. The smallest absolute Gasteiger partial charge is 0.122 e. The van der Waals surface area contributed by atoms with Crippen molar-refractivity contribution in [3.63, 3.8) is 0 Å². The first-order valence-corrected chi connectivity index (χ1v) is 5.19. The number of ether oxygens (including phenoxy) is 1. The maximum Gasteiger partial charge on any atom is 0.122 e. The molecule has 0 atom stereocenters. The highest BCUT2D eigenvalue weighted by Gasteiger charge is 2.08. The van der Waals surface area contributed by atoms with Gasteiger partial charge in [0.25, 0.3) is 0 Å². The number of rotatable bonds is 3. The van der Waals surface area contributed by atoms with Gasteiger partial charge in [-0.3, -0.25) is 0 Å². The number of methoxy groups -OCH3 is 1. The summed E-state index contributed by atoms with van der Waals surface area (Å²) in [6.45, 7) is 8.81. The highest BCUT2D eigenvalue weighted by Crippen LogP contribution is 2.26. The van der Waals surface area contributed by atoms with Crippen LogP contribution in [0, 0.1) is 19.8 Å². The Hall–Kier alpha value is -0.980. The lowest BCUT2D eigenvalue weighted by Crippen LogP contribution is -2.01. The third-order valence-electron chi connectivity index (χ3n) is 2.62. The Morgan fingerprint density at radius 2 is 1.86 bits per heavy atom. The van der Waals surface area contributed by atoms with Crippen LogP contribution in [0.25, 0.3) is 0 Å². The van der Waals surface area contributed by atoms with Crippen LogP contribution in [0.1, 0.15) is 30.5 Å². The Labute approximate surface area is 87.1 Å². The summed E-state index contributed by atoms with van der Waals surface area (Å²) in [4.78, 5) is 0. The molecule has 0 saturated heterocycles. The topological polar surface area (TPSA) is 9.23 Å². The summed E-state index contributed by atoms with van der Waals surface area (Å²) in [7, 11) is 1.73. The Morgan fingerprint density at radius 1 is 1.21 bits per heavy atom. The molecule has 0 fully saturated rings. The van der Waals surface area contributed by atoms with Crippen LogP contribution in [0.4, 0.5) is 0 Å². The fourth-order valence-electron chi connectivity index (χ4n) is 1.81. The lowest BCUT2D eigenvalue weighted by Gasteiger charge is -2.15. The minimum Gasteiger partial charge on any atom is -0.496 e. The van der Waals surface area contributed by atoms with Crippen molar-refractivity contribution in [3.05, 3.63) is 28.8 Å². The molecule has 0 aromatic heterocycles. The summed E-state index contributed by atoms with van der Waals surface area (Å²) >= 11 is 0. The van der Waals surface area contributed by atoms with Crippen LogP contribution in [0.5, 0.6) is 5.75 Å². The molecule has 1 rings (SSSR count). The summed E-state index contributed by atoms with van der Waals surface area (Å²) in [5, 5.41) is 0. The molecule has 14 heavy (non-hydrogen) atoms. The summed E-state index contributed by atoms with van der Waals surface area (Å²) < 4.78 is 5.32. The van der Waals surface area contributed by atoms with Crippen molar-refractivity contribution >= 4 is 0 Å². The minimum absolute atomic E-state index is 0.694. The minimum atomic E-state index is 0.694. The van der Waals surface area contributed by atoms with Gasteiger partial charge in [0.2, 0.25) is 0 Å². The third-order valence-corrected chi connectivity index (χ3v) is 2.62. The number of aryl methyl sites for hydroxylation is 1. The van der Waals surface area contributed by atoms with Crippen LogP contribution >= 0.6 is 0 Å². The molecule has 0 aliphatic rings. The number of benzene rings is 1. The van der Waals surface area contributed by atoms with E-state index in [1.54, 1.807) is 7.11 Å². The van der Waals surface area contributed by atoms with E-state index in [9.17, 15) is 0 Å². The van der Waals surface area contributed by atoms with Gasteiger partial charge in [-0.15, -0.1) is 0 Å². The van der Waals surface area contributed by atoms with Crippen LogP contribution < -0.4 is 4.74 Å². The van der Waals surface area contributed by atoms with E-state index in [1.165, 1.54) is 16.7 Å². The molecule has 1 nitrogen and oxygen atoms in total. The summed E-state index contributed by atoms with van der Waals surface area (Å²) in [6, 6.07) is 4.19.